The van der Waals surface area contributed by atoms with Crippen molar-refractivity contribution in [1.82, 2.24) is 0 Å². The quantitative estimate of drug-likeness (QED) is 0.656. The fourth-order valence-electron chi connectivity index (χ4n) is 1.99. The molecule has 1 unspecified atom stereocenters. The number of aromatic hydroxyl groups is 1. The normalized spacial score (nSPS) is 13.3. The molecular weight excluding hydrogens is 224 g/mol. The largest absolute Gasteiger partial charge is 0.508 e. The monoisotopic (exact) mass is 236 g/mol. The first kappa shape index (κ1) is 11.9. The zero-order valence-electron chi connectivity index (χ0n) is 9.71. The second kappa shape index (κ2) is 4.77. The predicted molar refractivity (Wildman–Crippen MR) is 70.2 cm³/mol. The van der Waals surface area contributed by atoms with Crippen LogP contribution < -0.4 is 0 Å². The molecule has 2 heteroatoms. The summed E-state index contributed by atoms with van der Waals surface area (Å²) in [5.74, 6) is 2.53. The van der Waals surface area contributed by atoms with E-state index in [0.29, 0.717) is 17.4 Å². The first-order valence-corrected chi connectivity index (χ1v) is 5.52. The Morgan fingerprint density at radius 2 is 1.67 bits per heavy atom. The highest BCUT2D eigenvalue weighted by Gasteiger charge is 2.34. The highest BCUT2D eigenvalue weighted by atomic mass is 16.3. The summed E-state index contributed by atoms with van der Waals surface area (Å²) in [4.78, 5) is 11.6. The van der Waals surface area contributed by atoms with Gasteiger partial charge in [0.05, 0.1) is 0 Å². The zero-order valence-corrected chi connectivity index (χ0v) is 9.71. The Hall–Kier alpha value is -2.53. The third kappa shape index (κ3) is 1.76. The van der Waals surface area contributed by atoms with Crippen molar-refractivity contribution >= 4 is 6.29 Å². The van der Waals surface area contributed by atoms with Gasteiger partial charge in [0, 0.05) is 5.56 Å². The molecule has 88 valence electrons. The van der Waals surface area contributed by atoms with Crippen molar-refractivity contribution in [2.45, 2.75) is 5.41 Å². The van der Waals surface area contributed by atoms with Crippen LogP contribution in [-0.4, -0.2) is 11.4 Å². The Morgan fingerprint density at radius 1 is 1.06 bits per heavy atom. The van der Waals surface area contributed by atoms with E-state index in [1.807, 2.05) is 18.2 Å². The van der Waals surface area contributed by atoms with Gasteiger partial charge in [-0.1, -0.05) is 54.5 Å². The molecule has 0 aliphatic carbocycles. The van der Waals surface area contributed by atoms with Gasteiger partial charge < -0.3 is 9.90 Å². The number of terminal acetylenes is 1. The van der Waals surface area contributed by atoms with Gasteiger partial charge >= 0.3 is 0 Å². The third-order valence-electron chi connectivity index (χ3n) is 2.96. The molecule has 0 saturated carbocycles. The van der Waals surface area contributed by atoms with Crippen molar-refractivity contribution in [2.75, 3.05) is 0 Å². The Kier molecular flexibility index (Phi) is 3.16. The predicted octanol–water partition coefficient (Wildman–Crippen LogP) is 2.51. The van der Waals surface area contributed by atoms with E-state index in [0.717, 1.165) is 0 Å². The van der Waals surface area contributed by atoms with Gasteiger partial charge in [0.25, 0.3) is 0 Å². The standard InChI is InChI=1S/C16H12O2/c1-2-16(12-17,13-8-4-3-5-9-13)14-10-6-7-11-15(14)18/h1,3-12,18H. The number of aldehydes is 1. The van der Waals surface area contributed by atoms with Gasteiger partial charge in [-0.05, 0) is 11.6 Å². The highest BCUT2D eigenvalue weighted by molar-refractivity contribution is 5.81. The van der Waals surface area contributed by atoms with Gasteiger partial charge in [-0.3, -0.25) is 0 Å². The number of hydrogen-bond donors (Lipinski definition) is 1. The number of phenols is 1. The molecule has 2 rings (SSSR count). The third-order valence-corrected chi connectivity index (χ3v) is 2.96. The molecule has 0 saturated heterocycles. The van der Waals surface area contributed by atoms with Gasteiger partial charge in [-0.2, -0.15) is 0 Å². The smallest absolute Gasteiger partial charge is 0.147 e. The van der Waals surface area contributed by atoms with Crippen LogP contribution in [0.3, 0.4) is 0 Å². The Morgan fingerprint density at radius 3 is 2.22 bits per heavy atom. The second-order valence-electron chi connectivity index (χ2n) is 3.95. The van der Waals surface area contributed by atoms with E-state index < -0.39 is 5.41 Å². The summed E-state index contributed by atoms with van der Waals surface area (Å²) < 4.78 is 0. The van der Waals surface area contributed by atoms with Crippen molar-refractivity contribution in [3.05, 3.63) is 65.7 Å². The Balaban J connectivity index is 2.71. The van der Waals surface area contributed by atoms with E-state index in [4.69, 9.17) is 6.42 Å². The van der Waals surface area contributed by atoms with Crippen LogP contribution in [-0.2, 0) is 10.2 Å². The lowest BCUT2D eigenvalue weighted by atomic mass is 9.76. The molecule has 0 bridgehead atoms. The first-order valence-electron chi connectivity index (χ1n) is 5.52. The minimum Gasteiger partial charge on any atom is -0.508 e. The highest BCUT2D eigenvalue weighted by Crippen LogP contribution is 2.35. The van der Waals surface area contributed by atoms with Gasteiger partial charge in [-0.15, -0.1) is 6.42 Å². The minimum atomic E-state index is -1.24. The molecule has 0 fully saturated rings. The molecule has 0 heterocycles. The number of carbonyl (C=O) groups excluding carboxylic acids is 1. The maximum absolute atomic E-state index is 11.6. The number of para-hydroxylation sites is 1. The van der Waals surface area contributed by atoms with Gasteiger partial charge in [0.2, 0.25) is 0 Å². The van der Waals surface area contributed by atoms with E-state index in [2.05, 4.69) is 5.92 Å². The molecule has 0 radical (unpaired) electrons. The topological polar surface area (TPSA) is 37.3 Å². The van der Waals surface area contributed by atoms with Crippen molar-refractivity contribution in [3.8, 4) is 18.1 Å². The summed E-state index contributed by atoms with van der Waals surface area (Å²) >= 11 is 0. The molecule has 1 N–H and O–H groups in total. The SMILES string of the molecule is C#CC(C=O)(c1ccccc1)c1ccccc1O. The molecule has 0 aliphatic heterocycles. The second-order valence-corrected chi connectivity index (χ2v) is 3.95. The summed E-state index contributed by atoms with van der Waals surface area (Å²) in [6, 6.07) is 15.6. The lowest BCUT2D eigenvalue weighted by Gasteiger charge is -2.23. The van der Waals surface area contributed by atoms with Crippen LogP contribution in [0.5, 0.6) is 5.75 Å². The fraction of sp³-hybridized carbons (Fsp3) is 0.0625. The van der Waals surface area contributed by atoms with Crippen molar-refractivity contribution in [3.63, 3.8) is 0 Å². The van der Waals surface area contributed by atoms with Crippen molar-refractivity contribution in [1.29, 1.82) is 0 Å². The summed E-state index contributed by atoms with van der Waals surface area (Å²) in [5, 5.41) is 9.92. The van der Waals surface area contributed by atoms with Crippen LogP contribution in [0.25, 0.3) is 0 Å². The number of hydrogen-bond acceptors (Lipinski definition) is 2. The summed E-state index contributed by atoms with van der Waals surface area (Å²) in [6.45, 7) is 0. The van der Waals surface area contributed by atoms with E-state index in [1.165, 1.54) is 6.07 Å². The van der Waals surface area contributed by atoms with Crippen LogP contribution in [0, 0.1) is 12.3 Å². The van der Waals surface area contributed by atoms with E-state index in [-0.39, 0.29) is 5.75 Å². The molecule has 0 aliphatic rings. The molecular formula is C16H12O2. The maximum atomic E-state index is 11.6. The molecule has 2 aromatic carbocycles. The number of phenolic OH excluding ortho intramolecular Hbond substituents is 1. The van der Waals surface area contributed by atoms with Crippen molar-refractivity contribution in [2.24, 2.45) is 0 Å². The van der Waals surface area contributed by atoms with Gasteiger partial charge in [-0.25, -0.2) is 0 Å². The molecule has 1 atom stereocenters. The molecule has 2 aromatic rings. The Bertz CT molecular complexity index is 596. The van der Waals surface area contributed by atoms with Crippen LogP contribution in [0.2, 0.25) is 0 Å². The van der Waals surface area contributed by atoms with Crippen LogP contribution in [0.4, 0.5) is 0 Å². The first-order chi connectivity index (χ1) is 8.74. The average Bonchev–Trinajstić information content (AvgIpc) is 2.44. The van der Waals surface area contributed by atoms with Gasteiger partial charge in [0.15, 0.2) is 0 Å². The Labute approximate surface area is 106 Å². The van der Waals surface area contributed by atoms with E-state index in [9.17, 15) is 9.90 Å². The molecule has 0 amide bonds. The molecule has 0 aromatic heterocycles. The average molecular weight is 236 g/mol. The fourth-order valence-corrected chi connectivity index (χ4v) is 1.99. The minimum absolute atomic E-state index is 0.0198. The number of rotatable bonds is 3. The summed E-state index contributed by atoms with van der Waals surface area (Å²) in [6.07, 6.45) is 6.25. The van der Waals surface area contributed by atoms with Crippen LogP contribution >= 0.6 is 0 Å². The van der Waals surface area contributed by atoms with Gasteiger partial charge in [0.1, 0.15) is 17.5 Å². The molecule has 2 nitrogen and oxygen atoms in total. The lowest BCUT2D eigenvalue weighted by molar-refractivity contribution is -0.110. The molecule has 0 spiro atoms. The van der Waals surface area contributed by atoms with Crippen molar-refractivity contribution < 1.29 is 9.90 Å². The maximum Gasteiger partial charge on any atom is 0.147 e. The number of carbonyl (C=O) groups is 1. The summed E-state index contributed by atoms with van der Waals surface area (Å²) in [5.41, 5.74) is -0.148. The lowest BCUT2D eigenvalue weighted by Crippen LogP contribution is -2.27. The van der Waals surface area contributed by atoms with Crippen LogP contribution in [0.1, 0.15) is 11.1 Å². The van der Waals surface area contributed by atoms with E-state index in [1.54, 1.807) is 30.3 Å². The summed E-state index contributed by atoms with van der Waals surface area (Å²) in [7, 11) is 0. The molecule has 18 heavy (non-hydrogen) atoms. The van der Waals surface area contributed by atoms with E-state index >= 15 is 0 Å². The zero-order chi connectivity index (χ0) is 13.0. The van der Waals surface area contributed by atoms with Crippen LogP contribution in [0.15, 0.2) is 54.6 Å². The number of benzene rings is 2.